The number of hydrogen-bond donors (Lipinski definition) is 2. The number of carboxylic acid groups (broad SMARTS) is 1. The average molecular weight is 333 g/mol. The maximum atomic E-state index is 11.9. The summed E-state index contributed by atoms with van der Waals surface area (Å²) in [7, 11) is 0. The van der Waals surface area contributed by atoms with Gasteiger partial charge in [-0.15, -0.1) is 0 Å². The molecule has 3 aliphatic heterocycles. The van der Waals surface area contributed by atoms with Crippen LogP contribution in [0.4, 0.5) is 17.6 Å². The molecule has 0 saturated carbocycles. The van der Waals surface area contributed by atoms with E-state index in [1.165, 1.54) is 0 Å². The van der Waals surface area contributed by atoms with Gasteiger partial charge in [0.1, 0.15) is 17.1 Å². The number of carboxylic acids is 1. The van der Waals surface area contributed by atoms with Crippen molar-refractivity contribution in [2.75, 3.05) is 54.9 Å². The molecule has 0 amide bonds. The van der Waals surface area contributed by atoms with E-state index in [2.05, 4.69) is 14.9 Å². The van der Waals surface area contributed by atoms with E-state index < -0.39 is 11.4 Å². The first-order valence-electron chi connectivity index (χ1n) is 8.54. The van der Waals surface area contributed by atoms with E-state index in [1.807, 2.05) is 4.90 Å². The Morgan fingerprint density at radius 2 is 2.12 bits per heavy atom. The second kappa shape index (κ2) is 5.77. The van der Waals surface area contributed by atoms with Crippen molar-refractivity contribution in [3.63, 3.8) is 0 Å². The van der Waals surface area contributed by atoms with Crippen LogP contribution in [0.2, 0.25) is 0 Å². The van der Waals surface area contributed by atoms with Crippen molar-refractivity contribution in [3.8, 4) is 0 Å². The Hall–Kier alpha value is -2.09. The van der Waals surface area contributed by atoms with E-state index in [1.54, 1.807) is 6.07 Å². The fraction of sp³-hybridized carbons (Fsp3) is 0.688. The first-order valence-corrected chi connectivity index (χ1v) is 8.54. The van der Waals surface area contributed by atoms with E-state index >= 15 is 0 Å². The summed E-state index contributed by atoms with van der Waals surface area (Å²) in [5, 5.41) is 9.77. The summed E-state index contributed by atoms with van der Waals surface area (Å²) in [5.74, 6) is 1.10. The predicted octanol–water partition coefficient (Wildman–Crippen LogP) is 0.586. The molecule has 3 N–H and O–H groups in total. The predicted molar refractivity (Wildman–Crippen MR) is 89.1 cm³/mol. The van der Waals surface area contributed by atoms with Crippen LogP contribution in [-0.2, 0) is 9.53 Å². The Morgan fingerprint density at radius 3 is 2.83 bits per heavy atom. The van der Waals surface area contributed by atoms with Crippen molar-refractivity contribution in [2.24, 2.45) is 11.3 Å². The number of carbonyl (C=O) groups is 1. The third-order valence-electron chi connectivity index (χ3n) is 5.52. The summed E-state index contributed by atoms with van der Waals surface area (Å²) in [6.45, 7) is 3.85. The van der Waals surface area contributed by atoms with Gasteiger partial charge in [0.25, 0.3) is 0 Å². The molecule has 0 aromatic carbocycles. The highest BCUT2D eigenvalue weighted by atomic mass is 16.5. The molecule has 2 atom stereocenters. The van der Waals surface area contributed by atoms with Crippen LogP contribution in [0.1, 0.15) is 19.3 Å². The van der Waals surface area contributed by atoms with Crippen molar-refractivity contribution >= 4 is 23.6 Å². The molecular formula is C16H23N5O3. The van der Waals surface area contributed by atoms with Gasteiger partial charge in [-0.25, -0.2) is 0 Å². The molecule has 8 nitrogen and oxygen atoms in total. The molecule has 1 aromatic rings. The molecule has 0 unspecified atom stereocenters. The van der Waals surface area contributed by atoms with Crippen molar-refractivity contribution in [1.29, 1.82) is 0 Å². The van der Waals surface area contributed by atoms with Crippen LogP contribution in [0.15, 0.2) is 6.07 Å². The van der Waals surface area contributed by atoms with Crippen molar-refractivity contribution < 1.29 is 14.6 Å². The van der Waals surface area contributed by atoms with Crippen LogP contribution in [-0.4, -0.2) is 60.4 Å². The summed E-state index contributed by atoms with van der Waals surface area (Å²) >= 11 is 0. The molecule has 8 heteroatoms. The zero-order valence-corrected chi connectivity index (χ0v) is 13.6. The summed E-state index contributed by atoms with van der Waals surface area (Å²) < 4.78 is 5.49. The van der Waals surface area contributed by atoms with Gasteiger partial charge in [0, 0.05) is 38.9 Å². The van der Waals surface area contributed by atoms with Gasteiger partial charge in [0.2, 0.25) is 5.95 Å². The van der Waals surface area contributed by atoms with Crippen LogP contribution in [0.3, 0.4) is 0 Å². The maximum Gasteiger partial charge on any atom is 0.314 e. The van der Waals surface area contributed by atoms with E-state index in [0.29, 0.717) is 31.5 Å². The van der Waals surface area contributed by atoms with Crippen LogP contribution in [0, 0.1) is 11.3 Å². The normalized spacial score (nSPS) is 29.8. The fourth-order valence-corrected chi connectivity index (χ4v) is 4.12. The lowest BCUT2D eigenvalue weighted by Gasteiger charge is -2.33. The summed E-state index contributed by atoms with van der Waals surface area (Å²) in [6, 6.07) is 1.74. The highest BCUT2D eigenvalue weighted by Crippen LogP contribution is 2.43. The van der Waals surface area contributed by atoms with E-state index in [-0.39, 0.29) is 12.5 Å². The topological polar surface area (TPSA) is 105 Å². The summed E-state index contributed by atoms with van der Waals surface area (Å²) in [5.41, 5.74) is 5.15. The highest BCUT2D eigenvalue weighted by Gasteiger charge is 2.54. The van der Waals surface area contributed by atoms with Crippen molar-refractivity contribution in [2.45, 2.75) is 19.3 Å². The van der Waals surface area contributed by atoms with Crippen LogP contribution in [0.5, 0.6) is 0 Å². The van der Waals surface area contributed by atoms with E-state index in [9.17, 15) is 9.90 Å². The first kappa shape index (κ1) is 15.4. The first-order chi connectivity index (χ1) is 11.6. The third-order valence-corrected chi connectivity index (χ3v) is 5.52. The SMILES string of the molecule is Nc1cc(N2C[C@@H]3CCOC[C@]3(C(=O)O)C2)nc(N2CCCC2)n1. The van der Waals surface area contributed by atoms with E-state index in [0.717, 1.165) is 38.2 Å². The largest absolute Gasteiger partial charge is 0.481 e. The molecule has 3 saturated heterocycles. The number of fused-ring (bicyclic) bond motifs is 1. The molecule has 24 heavy (non-hydrogen) atoms. The van der Waals surface area contributed by atoms with Gasteiger partial charge in [-0.05, 0) is 25.2 Å². The van der Waals surface area contributed by atoms with Gasteiger partial charge in [-0.1, -0.05) is 0 Å². The second-order valence-electron chi connectivity index (χ2n) is 7.03. The fourth-order valence-electron chi connectivity index (χ4n) is 4.12. The molecule has 0 spiro atoms. The van der Waals surface area contributed by atoms with Crippen LogP contribution in [0.25, 0.3) is 0 Å². The molecule has 4 rings (SSSR count). The van der Waals surface area contributed by atoms with Gasteiger partial charge in [0.05, 0.1) is 6.61 Å². The molecule has 0 bridgehead atoms. The number of aromatic nitrogens is 2. The molecule has 0 radical (unpaired) electrons. The number of nitrogens with two attached hydrogens (primary N) is 1. The lowest BCUT2D eigenvalue weighted by molar-refractivity contribution is -0.159. The number of anilines is 3. The van der Waals surface area contributed by atoms with Gasteiger partial charge in [-0.3, -0.25) is 4.79 Å². The number of rotatable bonds is 3. The van der Waals surface area contributed by atoms with Crippen LogP contribution >= 0.6 is 0 Å². The molecule has 3 fully saturated rings. The molecular weight excluding hydrogens is 310 g/mol. The third kappa shape index (κ3) is 2.45. The van der Waals surface area contributed by atoms with Crippen LogP contribution < -0.4 is 15.5 Å². The minimum Gasteiger partial charge on any atom is -0.481 e. The zero-order valence-electron chi connectivity index (χ0n) is 13.6. The van der Waals surface area contributed by atoms with Crippen molar-refractivity contribution in [1.82, 2.24) is 9.97 Å². The van der Waals surface area contributed by atoms with Gasteiger partial charge < -0.3 is 25.4 Å². The summed E-state index contributed by atoms with van der Waals surface area (Å²) in [4.78, 5) is 25.1. The Balaban J connectivity index is 1.63. The van der Waals surface area contributed by atoms with Gasteiger partial charge >= 0.3 is 5.97 Å². The Kier molecular flexibility index (Phi) is 3.71. The Bertz CT molecular complexity index is 649. The van der Waals surface area contributed by atoms with E-state index in [4.69, 9.17) is 10.5 Å². The number of hydrogen-bond acceptors (Lipinski definition) is 7. The minimum atomic E-state index is -0.841. The zero-order chi connectivity index (χ0) is 16.7. The second-order valence-corrected chi connectivity index (χ2v) is 7.03. The molecule has 0 aliphatic carbocycles. The molecule has 130 valence electrons. The number of nitrogen functional groups attached to an aromatic ring is 1. The highest BCUT2D eigenvalue weighted by molar-refractivity contribution is 5.78. The van der Waals surface area contributed by atoms with Gasteiger partial charge in [-0.2, -0.15) is 9.97 Å². The standard InChI is InChI=1S/C16H23N5O3/c17-12-7-13(19-15(18-12)20-4-1-2-5-20)21-8-11-3-6-24-10-16(11,9-21)14(22)23/h7,11H,1-6,8-10H2,(H,22,23)(H2,17,18,19)/t11-,16+/m0/s1. The smallest absolute Gasteiger partial charge is 0.314 e. The summed E-state index contributed by atoms with van der Waals surface area (Å²) in [6.07, 6.45) is 3.04. The monoisotopic (exact) mass is 333 g/mol. The lowest BCUT2D eigenvalue weighted by Crippen LogP contribution is -2.46. The molecule has 4 heterocycles. The number of ether oxygens (including phenoxy) is 1. The number of aliphatic carboxylic acids is 1. The maximum absolute atomic E-state index is 11.9. The minimum absolute atomic E-state index is 0.0789. The lowest BCUT2D eigenvalue weighted by atomic mass is 9.76. The average Bonchev–Trinajstić information content (AvgIpc) is 3.22. The van der Waals surface area contributed by atoms with Crippen molar-refractivity contribution in [3.05, 3.63) is 6.07 Å². The Morgan fingerprint density at radius 1 is 1.33 bits per heavy atom. The molecule has 1 aromatic heterocycles. The Labute approximate surface area is 140 Å². The quantitative estimate of drug-likeness (QED) is 0.828. The molecule has 3 aliphatic rings. The number of nitrogens with zero attached hydrogens (tertiary/aromatic N) is 4. The van der Waals surface area contributed by atoms with Gasteiger partial charge in [0.15, 0.2) is 0 Å².